The molecule has 3 fully saturated rings. The summed E-state index contributed by atoms with van der Waals surface area (Å²) in [5, 5.41) is 20.3. The van der Waals surface area contributed by atoms with Gasteiger partial charge in [0.25, 0.3) is 35.0 Å². The van der Waals surface area contributed by atoms with Crippen molar-refractivity contribution in [3.05, 3.63) is 94.9 Å². The topological polar surface area (TPSA) is 217 Å². The number of aliphatic hydroxyl groups excluding tert-OH is 2. The van der Waals surface area contributed by atoms with Crippen molar-refractivity contribution in [1.29, 1.82) is 0 Å². The summed E-state index contributed by atoms with van der Waals surface area (Å²) in [6, 6.07) is 0. The van der Waals surface area contributed by atoms with Crippen molar-refractivity contribution in [2.75, 3.05) is 0 Å². The maximum atomic E-state index is 12.8. The van der Waals surface area contributed by atoms with Crippen LogP contribution < -0.4 is 0 Å². The van der Waals surface area contributed by atoms with Gasteiger partial charge in [0, 0.05) is 52.4 Å². The van der Waals surface area contributed by atoms with Crippen molar-refractivity contribution in [3.8, 4) is 0 Å². The van der Waals surface area contributed by atoms with Gasteiger partial charge >= 0.3 is 35.8 Å². The molecule has 16 nitrogen and oxygen atoms in total. The number of allylic oxidation sites excluding steroid dienone is 8. The van der Waals surface area contributed by atoms with E-state index in [-0.39, 0.29) is 36.8 Å². The van der Waals surface area contributed by atoms with Crippen LogP contribution >= 0.6 is 0 Å². The predicted molar refractivity (Wildman–Crippen MR) is 181 cm³/mol. The van der Waals surface area contributed by atoms with Crippen LogP contribution in [-0.4, -0.2) is 69.2 Å². The van der Waals surface area contributed by atoms with Gasteiger partial charge in [0.1, 0.15) is 22.3 Å². The Balaban J connectivity index is 1.13. The van der Waals surface area contributed by atoms with E-state index in [0.29, 0.717) is 25.7 Å². The molecule has 2 unspecified atom stereocenters. The first-order valence-electron chi connectivity index (χ1n) is 17.3. The minimum atomic E-state index is -1.67. The lowest BCUT2D eigenvalue weighted by molar-refractivity contribution is -0.291. The average Bonchev–Trinajstić information content (AvgIpc) is 3.06. The highest BCUT2D eigenvalue weighted by Gasteiger charge is 2.56. The summed E-state index contributed by atoms with van der Waals surface area (Å²) in [5.41, 5.74) is -1.25. The predicted octanol–water partition coefficient (Wildman–Crippen LogP) is 4.95. The molecule has 54 heavy (non-hydrogen) atoms. The lowest BCUT2D eigenvalue weighted by Crippen LogP contribution is -2.56. The van der Waals surface area contributed by atoms with Crippen molar-refractivity contribution in [3.63, 3.8) is 0 Å². The van der Waals surface area contributed by atoms with Gasteiger partial charge in [0.2, 0.25) is 0 Å². The Morgan fingerprint density at radius 3 is 1.11 bits per heavy atom. The van der Waals surface area contributed by atoms with Crippen LogP contribution in [0.5, 0.6) is 0 Å². The molecule has 0 aromatic heterocycles. The number of cyclic esters (lactones) is 2. The van der Waals surface area contributed by atoms with Crippen LogP contribution in [0.3, 0.4) is 0 Å². The second kappa shape index (κ2) is 15.5. The summed E-state index contributed by atoms with van der Waals surface area (Å²) in [6.45, 7) is 6.82. The Bertz CT molecular complexity index is 1680. The molecule has 1 saturated carbocycles. The van der Waals surface area contributed by atoms with E-state index in [1.807, 2.05) is 13.8 Å². The van der Waals surface area contributed by atoms with Crippen LogP contribution in [-0.2, 0) is 66.7 Å². The van der Waals surface area contributed by atoms with Gasteiger partial charge in [0.05, 0.1) is 0 Å². The van der Waals surface area contributed by atoms with E-state index in [2.05, 4.69) is 0 Å². The number of aliphatic hydroxyl groups is 2. The standard InChI is InChI=1S/C38H40O16/c1-5-17-35(3)47-27(39)23(28(40)48-35)13-9-7-11-15-25-31(43)51-37(52-32(25)44)19-21-38(22-20-37)53-33(45)26(34(46)54-38)16-12-8-10-14-24-29(41)49-36(4,18-6-2)50-30(24)42/h7-16,39,41H,5-6,17-22H2,1-4H3/b11-7+,12-8?,13-9+,14-10?,25-15?,26-16?. The van der Waals surface area contributed by atoms with Gasteiger partial charge in [-0.25, -0.2) is 28.8 Å². The quantitative estimate of drug-likeness (QED) is 0.0992. The molecular weight excluding hydrogens is 712 g/mol. The summed E-state index contributed by atoms with van der Waals surface area (Å²) < 4.78 is 43.2. The van der Waals surface area contributed by atoms with Gasteiger partial charge in [-0.2, -0.15) is 0 Å². The van der Waals surface area contributed by atoms with Gasteiger partial charge in [-0.05, 0) is 37.1 Å². The molecule has 5 rings (SSSR count). The van der Waals surface area contributed by atoms with Crippen molar-refractivity contribution >= 4 is 35.8 Å². The van der Waals surface area contributed by atoms with Crippen LogP contribution in [0.1, 0.15) is 79.1 Å². The SMILES string of the molecule is CCCC1(C)OC(=O)C(C=CC=CC=C2C(=O)OC3(CCC4(CC3)OC(=O)C(=C/C=C/C=C/C3=C(O)OC(C)(CCC)OC3=O)C(=O)O4)OC2=O)=C(O)O1. The molecule has 0 bridgehead atoms. The third-order valence-electron chi connectivity index (χ3n) is 8.82. The summed E-state index contributed by atoms with van der Waals surface area (Å²) in [4.78, 5) is 76.0. The average molecular weight is 753 g/mol. The maximum absolute atomic E-state index is 12.8. The van der Waals surface area contributed by atoms with Crippen molar-refractivity contribution in [1.82, 2.24) is 0 Å². The molecule has 0 aromatic rings. The van der Waals surface area contributed by atoms with Crippen LogP contribution in [0.2, 0.25) is 0 Å². The van der Waals surface area contributed by atoms with E-state index < -0.39 is 82.0 Å². The maximum Gasteiger partial charge on any atom is 0.348 e. The van der Waals surface area contributed by atoms with Gasteiger partial charge in [-0.3, -0.25) is 0 Å². The molecule has 1 aliphatic carbocycles. The highest BCUT2D eigenvalue weighted by Crippen LogP contribution is 2.45. The van der Waals surface area contributed by atoms with Crippen LogP contribution in [0, 0.1) is 0 Å². The molecule has 2 atom stereocenters. The molecule has 288 valence electrons. The van der Waals surface area contributed by atoms with Crippen molar-refractivity contribution in [2.45, 2.75) is 102 Å². The summed E-state index contributed by atoms with van der Waals surface area (Å²) in [7, 11) is 0. The second-order valence-electron chi connectivity index (χ2n) is 13.2. The molecule has 0 amide bonds. The zero-order chi connectivity index (χ0) is 39.3. The second-order valence-corrected chi connectivity index (χ2v) is 13.2. The van der Waals surface area contributed by atoms with Gasteiger partial charge in [0.15, 0.2) is 0 Å². The molecule has 0 radical (unpaired) electrons. The molecular formula is C38H40O16. The van der Waals surface area contributed by atoms with Crippen LogP contribution in [0.4, 0.5) is 0 Å². The van der Waals surface area contributed by atoms with Crippen molar-refractivity contribution < 1.29 is 76.9 Å². The third-order valence-corrected chi connectivity index (χ3v) is 8.82. The molecule has 2 spiro atoms. The van der Waals surface area contributed by atoms with E-state index >= 15 is 0 Å². The Hall–Kier alpha value is -6.06. The first kappa shape index (κ1) is 39.2. The molecule has 16 heteroatoms. The summed E-state index contributed by atoms with van der Waals surface area (Å²) in [6.07, 6.45) is 14.4. The minimum absolute atomic E-state index is 0.138. The van der Waals surface area contributed by atoms with E-state index in [9.17, 15) is 39.0 Å². The molecule has 5 aliphatic rings. The smallest absolute Gasteiger partial charge is 0.348 e. The number of carbonyl (C=O) groups is 6. The van der Waals surface area contributed by atoms with Gasteiger partial charge in [-0.1, -0.05) is 50.3 Å². The van der Waals surface area contributed by atoms with Crippen LogP contribution in [0.25, 0.3) is 0 Å². The molecule has 2 saturated heterocycles. The summed E-state index contributed by atoms with van der Waals surface area (Å²) in [5.74, 6) is -12.5. The molecule has 0 aromatic carbocycles. The number of hydrogen-bond donors (Lipinski definition) is 2. The van der Waals surface area contributed by atoms with Gasteiger partial charge in [-0.15, -0.1) is 0 Å². The zero-order valence-corrected chi connectivity index (χ0v) is 30.0. The number of rotatable bonds is 10. The Labute approximate surface area is 309 Å². The molecule has 4 heterocycles. The van der Waals surface area contributed by atoms with E-state index in [1.165, 1.54) is 62.5 Å². The highest BCUT2D eigenvalue weighted by molar-refractivity contribution is 6.16. The fourth-order valence-electron chi connectivity index (χ4n) is 6.16. The first-order chi connectivity index (χ1) is 25.5. The Kier molecular flexibility index (Phi) is 11.2. The highest BCUT2D eigenvalue weighted by atomic mass is 16.8. The Morgan fingerprint density at radius 1 is 0.481 bits per heavy atom. The number of carbonyl (C=O) groups excluding carboxylic acids is 6. The zero-order valence-electron chi connectivity index (χ0n) is 30.0. The number of hydrogen-bond acceptors (Lipinski definition) is 16. The number of esters is 6. The lowest BCUT2D eigenvalue weighted by atomic mass is 9.87. The fourth-order valence-corrected chi connectivity index (χ4v) is 6.16. The summed E-state index contributed by atoms with van der Waals surface area (Å²) >= 11 is 0. The van der Waals surface area contributed by atoms with E-state index in [4.69, 9.17) is 37.9 Å². The normalized spacial score (nSPS) is 30.4. The van der Waals surface area contributed by atoms with Gasteiger partial charge < -0.3 is 48.1 Å². The molecule has 4 aliphatic heterocycles. The fraction of sp³-hybridized carbons (Fsp3) is 0.421. The first-order valence-corrected chi connectivity index (χ1v) is 17.3. The van der Waals surface area contributed by atoms with E-state index in [0.717, 1.165) is 12.2 Å². The number of ether oxygens (including phenoxy) is 8. The minimum Gasteiger partial charge on any atom is -0.480 e. The van der Waals surface area contributed by atoms with E-state index in [1.54, 1.807) is 0 Å². The third kappa shape index (κ3) is 8.59. The Morgan fingerprint density at radius 2 is 0.815 bits per heavy atom. The largest absolute Gasteiger partial charge is 0.480 e. The van der Waals surface area contributed by atoms with Crippen molar-refractivity contribution in [2.24, 2.45) is 0 Å². The van der Waals surface area contributed by atoms with Crippen LogP contribution in [0.15, 0.2) is 94.9 Å². The molecule has 2 N–H and O–H groups in total. The lowest BCUT2D eigenvalue weighted by Gasteiger charge is -2.45. The monoisotopic (exact) mass is 752 g/mol.